The Morgan fingerprint density at radius 1 is 1.21 bits per heavy atom. The Morgan fingerprint density at radius 2 is 1.92 bits per heavy atom. The van der Waals surface area contributed by atoms with Crippen LogP contribution in [0.2, 0.25) is 0 Å². The fraction of sp³-hybridized carbons (Fsp3) is 0.294. The van der Waals surface area contributed by atoms with Gasteiger partial charge in [0.1, 0.15) is 5.75 Å². The quantitative estimate of drug-likeness (QED) is 0.880. The molecule has 0 fully saturated rings. The van der Waals surface area contributed by atoms with Gasteiger partial charge in [0.05, 0.1) is 5.56 Å². The lowest BCUT2D eigenvalue weighted by atomic mass is 10.2. The minimum atomic E-state index is -4.54. The summed E-state index contributed by atoms with van der Waals surface area (Å²) in [6, 6.07) is 10.3. The Bertz CT molecular complexity index is 675. The van der Waals surface area contributed by atoms with E-state index in [1.165, 1.54) is 25.1 Å². The van der Waals surface area contributed by atoms with E-state index in [0.29, 0.717) is 13.0 Å². The second-order valence-electron chi connectivity index (χ2n) is 5.12. The number of para-hydroxylation sites is 1. The van der Waals surface area contributed by atoms with Gasteiger partial charge in [-0.05, 0) is 31.2 Å². The minimum Gasteiger partial charge on any atom is -0.480 e. The standard InChI is InChI=1S/C17H17F3N2O2/c1-12(16(23)22-11-9-13-6-4-5-10-21-13)24-15-8-3-2-7-14(15)17(18,19)20/h2-8,10,12H,9,11H2,1H3,(H,22,23). The van der Waals surface area contributed by atoms with Crippen molar-refractivity contribution < 1.29 is 22.7 Å². The van der Waals surface area contributed by atoms with Crippen LogP contribution in [0.4, 0.5) is 13.2 Å². The Morgan fingerprint density at radius 3 is 2.58 bits per heavy atom. The predicted molar refractivity (Wildman–Crippen MR) is 82.5 cm³/mol. The number of aromatic nitrogens is 1. The van der Waals surface area contributed by atoms with Gasteiger partial charge in [-0.25, -0.2) is 0 Å². The summed E-state index contributed by atoms with van der Waals surface area (Å²) in [5.41, 5.74) is -0.0908. The number of carbonyl (C=O) groups excluding carboxylic acids is 1. The first-order valence-electron chi connectivity index (χ1n) is 7.38. The van der Waals surface area contributed by atoms with E-state index in [4.69, 9.17) is 4.74 Å². The van der Waals surface area contributed by atoms with Crippen molar-refractivity contribution in [2.75, 3.05) is 6.54 Å². The zero-order chi connectivity index (χ0) is 17.6. The summed E-state index contributed by atoms with van der Waals surface area (Å²) in [5, 5.41) is 2.62. The largest absolute Gasteiger partial charge is 0.480 e. The molecule has 4 nitrogen and oxygen atoms in total. The van der Waals surface area contributed by atoms with E-state index in [9.17, 15) is 18.0 Å². The highest BCUT2D eigenvalue weighted by Gasteiger charge is 2.34. The van der Waals surface area contributed by atoms with Crippen LogP contribution in [0.25, 0.3) is 0 Å². The number of pyridine rings is 1. The Balaban J connectivity index is 1.90. The third-order valence-corrected chi connectivity index (χ3v) is 3.27. The zero-order valence-electron chi connectivity index (χ0n) is 13.0. The van der Waals surface area contributed by atoms with E-state index in [1.807, 2.05) is 12.1 Å². The molecule has 0 radical (unpaired) electrons. The fourth-order valence-corrected chi connectivity index (χ4v) is 2.05. The lowest BCUT2D eigenvalue weighted by Gasteiger charge is -2.18. The van der Waals surface area contributed by atoms with Crippen molar-refractivity contribution in [3.8, 4) is 5.75 Å². The number of hydrogen-bond donors (Lipinski definition) is 1. The van der Waals surface area contributed by atoms with E-state index in [2.05, 4.69) is 10.3 Å². The number of hydrogen-bond acceptors (Lipinski definition) is 3. The van der Waals surface area contributed by atoms with Crippen LogP contribution in [0.15, 0.2) is 48.7 Å². The van der Waals surface area contributed by atoms with E-state index in [1.54, 1.807) is 12.3 Å². The van der Waals surface area contributed by atoms with Crippen molar-refractivity contribution in [3.63, 3.8) is 0 Å². The summed E-state index contributed by atoms with van der Waals surface area (Å²) in [4.78, 5) is 16.1. The fourth-order valence-electron chi connectivity index (χ4n) is 2.05. The van der Waals surface area contributed by atoms with Crippen LogP contribution in [0.5, 0.6) is 5.75 Å². The second kappa shape index (κ2) is 7.81. The maximum Gasteiger partial charge on any atom is 0.419 e. The van der Waals surface area contributed by atoms with Crippen LogP contribution < -0.4 is 10.1 Å². The molecule has 0 aliphatic rings. The normalized spacial score (nSPS) is 12.5. The number of amides is 1. The molecule has 24 heavy (non-hydrogen) atoms. The monoisotopic (exact) mass is 338 g/mol. The van der Waals surface area contributed by atoms with Gasteiger partial charge in [0, 0.05) is 24.9 Å². The van der Waals surface area contributed by atoms with E-state index < -0.39 is 23.8 Å². The van der Waals surface area contributed by atoms with Gasteiger partial charge in [0.15, 0.2) is 6.10 Å². The molecule has 0 spiro atoms. The predicted octanol–water partition coefficient (Wildman–Crippen LogP) is 3.23. The number of nitrogens with one attached hydrogen (secondary N) is 1. The molecule has 0 aliphatic carbocycles. The Labute approximate surface area is 137 Å². The van der Waals surface area contributed by atoms with Crippen molar-refractivity contribution in [1.82, 2.24) is 10.3 Å². The highest BCUT2D eigenvalue weighted by Crippen LogP contribution is 2.36. The summed E-state index contributed by atoms with van der Waals surface area (Å²) in [6.45, 7) is 1.73. The summed E-state index contributed by atoms with van der Waals surface area (Å²) in [7, 11) is 0. The highest BCUT2D eigenvalue weighted by atomic mass is 19.4. The van der Waals surface area contributed by atoms with Crippen LogP contribution in [-0.4, -0.2) is 23.5 Å². The average molecular weight is 338 g/mol. The molecule has 1 N–H and O–H groups in total. The van der Waals surface area contributed by atoms with Gasteiger partial charge >= 0.3 is 6.18 Å². The van der Waals surface area contributed by atoms with Crippen LogP contribution in [-0.2, 0) is 17.4 Å². The van der Waals surface area contributed by atoms with Crippen LogP contribution in [0.3, 0.4) is 0 Å². The molecule has 0 saturated heterocycles. The molecule has 0 saturated carbocycles. The summed E-state index contributed by atoms with van der Waals surface area (Å²) in [5.74, 6) is -0.847. The number of benzene rings is 1. The molecule has 1 amide bonds. The van der Waals surface area contributed by atoms with Gasteiger partial charge < -0.3 is 10.1 Å². The number of ether oxygens (including phenoxy) is 1. The van der Waals surface area contributed by atoms with Gasteiger partial charge in [0.2, 0.25) is 0 Å². The SMILES string of the molecule is CC(Oc1ccccc1C(F)(F)F)C(=O)NCCc1ccccn1. The molecule has 2 rings (SSSR count). The summed E-state index contributed by atoms with van der Waals surface area (Å²) >= 11 is 0. The van der Waals surface area contributed by atoms with Gasteiger partial charge in [-0.2, -0.15) is 13.2 Å². The molecule has 2 aromatic rings. The molecule has 128 valence electrons. The molecule has 1 aromatic heterocycles. The maximum absolute atomic E-state index is 12.9. The van der Waals surface area contributed by atoms with E-state index >= 15 is 0 Å². The molecule has 1 heterocycles. The van der Waals surface area contributed by atoms with Gasteiger partial charge in [-0.15, -0.1) is 0 Å². The topological polar surface area (TPSA) is 51.2 Å². The van der Waals surface area contributed by atoms with E-state index in [0.717, 1.165) is 11.8 Å². The second-order valence-corrected chi connectivity index (χ2v) is 5.12. The van der Waals surface area contributed by atoms with Crippen LogP contribution in [0, 0.1) is 0 Å². The van der Waals surface area contributed by atoms with Crippen molar-refractivity contribution in [1.29, 1.82) is 0 Å². The number of halogens is 3. The van der Waals surface area contributed by atoms with Gasteiger partial charge in [-0.3, -0.25) is 9.78 Å². The maximum atomic E-state index is 12.9. The third kappa shape index (κ3) is 4.97. The molecule has 7 heteroatoms. The molecule has 1 atom stereocenters. The molecule has 1 unspecified atom stereocenters. The molecular formula is C17H17F3N2O2. The summed E-state index contributed by atoms with van der Waals surface area (Å²) < 4.78 is 43.9. The van der Waals surface area contributed by atoms with Crippen molar-refractivity contribution in [2.24, 2.45) is 0 Å². The van der Waals surface area contributed by atoms with Gasteiger partial charge in [-0.1, -0.05) is 18.2 Å². The number of rotatable bonds is 6. The molecule has 0 bridgehead atoms. The first kappa shape index (κ1) is 17.8. The van der Waals surface area contributed by atoms with E-state index in [-0.39, 0.29) is 5.75 Å². The highest BCUT2D eigenvalue weighted by molar-refractivity contribution is 5.80. The lowest BCUT2D eigenvalue weighted by molar-refractivity contribution is -0.140. The van der Waals surface area contributed by atoms with Gasteiger partial charge in [0.25, 0.3) is 5.91 Å². The average Bonchev–Trinajstić information content (AvgIpc) is 2.55. The lowest BCUT2D eigenvalue weighted by Crippen LogP contribution is -2.37. The minimum absolute atomic E-state index is 0.324. The first-order chi connectivity index (χ1) is 11.4. The number of nitrogens with zero attached hydrogens (tertiary/aromatic N) is 1. The number of alkyl halides is 3. The first-order valence-corrected chi connectivity index (χ1v) is 7.38. The summed E-state index contributed by atoms with van der Waals surface area (Å²) in [6.07, 6.45) is -3.40. The molecule has 0 aliphatic heterocycles. The smallest absolute Gasteiger partial charge is 0.419 e. The van der Waals surface area contributed by atoms with Crippen LogP contribution >= 0.6 is 0 Å². The third-order valence-electron chi connectivity index (χ3n) is 3.27. The van der Waals surface area contributed by atoms with Crippen molar-refractivity contribution in [3.05, 3.63) is 59.9 Å². The Kier molecular flexibility index (Phi) is 5.78. The molecule has 1 aromatic carbocycles. The zero-order valence-corrected chi connectivity index (χ0v) is 13.0. The number of carbonyl (C=O) groups is 1. The van der Waals surface area contributed by atoms with Crippen molar-refractivity contribution >= 4 is 5.91 Å². The Hall–Kier alpha value is -2.57. The van der Waals surface area contributed by atoms with Crippen LogP contribution in [0.1, 0.15) is 18.2 Å². The molecular weight excluding hydrogens is 321 g/mol. The van der Waals surface area contributed by atoms with Crippen molar-refractivity contribution in [2.45, 2.75) is 25.6 Å².